The van der Waals surface area contributed by atoms with Gasteiger partial charge >= 0.3 is 0 Å². The lowest BCUT2D eigenvalue weighted by Gasteiger charge is -2.35. The molecule has 3 aromatic carbocycles. The highest BCUT2D eigenvalue weighted by Gasteiger charge is 2.43. The quantitative estimate of drug-likeness (QED) is 0.428. The molecule has 0 saturated carbocycles. The molecule has 1 aliphatic rings. The van der Waals surface area contributed by atoms with Crippen LogP contribution in [0.5, 0.6) is 0 Å². The Morgan fingerprint density at radius 2 is 1.47 bits per heavy atom. The van der Waals surface area contributed by atoms with E-state index in [0.717, 1.165) is 22.5 Å². The topological polar surface area (TPSA) is 62.5 Å². The number of nitrogens with zero attached hydrogens (tertiary/aromatic N) is 4. The zero-order chi connectivity index (χ0) is 22.3. The van der Waals surface area contributed by atoms with Crippen LogP contribution in [0.25, 0.3) is 5.69 Å². The summed E-state index contributed by atoms with van der Waals surface area (Å²) in [5.41, 5.74) is 4.31. The summed E-state index contributed by atoms with van der Waals surface area (Å²) in [5, 5.41) is 8.77. The van der Waals surface area contributed by atoms with Crippen molar-refractivity contribution in [1.82, 2.24) is 14.5 Å². The maximum absolute atomic E-state index is 14.8. The Kier molecular flexibility index (Phi) is 4.95. The van der Waals surface area contributed by atoms with Gasteiger partial charge in [0.15, 0.2) is 5.82 Å². The number of para-hydroxylation sites is 2. The highest BCUT2D eigenvalue weighted by atomic mass is 31.2. The van der Waals surface area contributed by atoms with Crippen LogP contribution in [0.2, 0.25) is 0 Å². The number of anilines is 1. The first-order valence-electron chi connectivity index (χ1n) is 10.5. The lowest BCUT2D eigenvalue weighted by Crippen LogP contribution is -2.36. The smallest absolute Gasteiger partial charge is 0.296 e. The Hall–Kier alpha value is -3.63. The molecule has 0 spiro atoms. The lowest BCUT2D eigenvalue weighted by atomic mass is 10.2. The Morgan fingerprint density at radius 3 is 2.16 bits per heavy atom. The van der Waals surface area contributed by atoms with Crippen LogP contribution >= 0.6 is 7.44 Å². The fourth-order valence-electron chi connectivity index (χ4n) is 4.00. The second kappa shape index (κ2) is 7.81. The van der Waals surface area contributed by atoms with E-state index in [1.807, 2.05) is 106 Å². The SMILES string of the molecule is Cc1ccccc1N[P@@]1(=O)c2c(C)nn(-c3ccccc3)c2N=C(c2ccccc2)N1C. The zero-order valence-corrected chi connectivity index (χ0v) is 19.1. The summed E-state index contributed by atoms with van der Waals surface area (Å²) < 4.78 is 18.4. The number of aromatic nitrogens is 2. The van der Waals surface area contributed by atoms with Gasteiger partial charge in [-0.3, -0.25) is 9.24 Å². The Labute approximate surface area is 187 Å². The van der Waals surface area contributed by atoms with Crippen molar-refractivity contribution in [2.75, 3.05) is 12.1 Å². The van der Waals surface area contributed by atoms with E-state index >= 15 is 0 Å². The van der Waals surface area contributed by atoms with Gasteiger partial charge in [0.05, 0.1) is 11.4 Å². The number of aliphatic imine (C=N–C) groups is 1. The number of aryl methyl sites for hydroxylation is 2. The molecule has 5 rings (SSSR count). The minimum atomic E-state index is -3.33. The molecule has 0 bridgehead atoms. The van der Waals surface area contributed by atoms with E-state index in [1.54, 1.807) is 9.35 Å². The van der Waals surface area contributed by atoms with Gasteiger partial charge in [-0.1, -0.05) is 66.7 Å². The Balaban J connectivity index is 1.77. The highest BCUT2D eigenvalue weighted by Crippen LogP contribution is 2.54. The number of rotatable bonds is 4. The van der Waals surface area contributed by atoms with Gasteiger partial charge < -0.3 is 5.09 Å². The Bertz CT molecular complexity index is 1360. The van der Waals surface area contributed by atoms with Crippen molar-refractivity contribution in [2.24, 2.45) is 4.99 Å². The molecular weight excluding hydrogens is 417 g/mol. The largest absolute Gasteiger partial charge is 0.316 e. The van der Waals surface area contributed by atoms with E-state index in [-0.39, 0.29) is 0 Å². The van der Waals surface area contributed by atoms with E-state index in [0.29, 0.717) is 22.7 Å². The van der Waals surface area contributed by atoms with Gasteiger partial charge in [0, 0.05) is 18.3 Å². The van der Waals surface area contributed by atoms with E-state index in [4.69, 9.17) is 10.1 Å². The monoisotopic (exact) mass is 441 g/mol. The van der Waals surface area contributed by atoms with Gasteiger partial charge in [-0.05, 0) is 37.6 Å². The molecule has 6 nitrogen and oxygen atoms in total. The van der Waals surface area contributed by atoms with Crippen molar-refractivity contribution in [1.29, 1.82) is 0 Å². The maximum atomic E-state index is 14.8. The number of hydrogen-bond donors (Lipinski definition) is 1. The molecule has 0 radical (unpaired) electrons. The van der Waals surface area contributed by atoms with Gasteiger partial charge in [0.1, 0.15) is 11.1 Å². The molecule has 32 heavy (non-hydrogen) atoms. The highest BCUT2D eigenvalue weighted by molar-refractivity contribution is 7.72. The van der Waals surface area contributed by atoms with Crippen molar-refractivity contribution < 1.29 is 4.57 Å². The van der Waals surface area contributed by atoms with Crippen molar-refractivity contribution in [2.45, 2.75) is 13.8 Å². The molecule has 0 unspecified atom stereocenters. The second-order valence-corrected chi connectivity index (χ2v) is 10.3. The first kappa shape index (κ1) is 20.3. The number of nitrogens with one attached hydrogen (secondary N) is 1. The summed E-state index contributed by atoms with van der Waals surface area (Å²) in [5.74, 6) is 1.23. The molecule has 0 aliphatic carbocycles. The molecule has 0 fully saturated rings. The average molecular weight is 441 g/mol. The molecule has 1 N–H and O–H groups in total. The lowest BCUT2D eigenvalue weighted by molar-refractivity contribution is 0.553. The van der Waals surface area contributed by atoms with Crippen LogP contribution < -0.4 is 10.4 Å². The average Bonchev–Trinajstić information content (AvgIpc) is 3.16. The van der Waals surface area contributed by atoms with E-state index in [1.165, 1.54) is 0 Å². The predicted octanol–water partition coefficient (Wildman–Crippen LogP) is 5.44. The summed E-state index contributed by atoms with van der Waals surface area (Å²) >= 11 is 0. The first-order chi connectivity index (χ1) is 15.5. The van der Waals surface area contributed by atoms with Crippen molar-refractivity contribution in [3.05, 3.63) is 102 Å². The molecule has 4 aromatic rings. The third-order valence-electron chi connectivity index (χ3n) is 5.70. The molecule has 0 amide bonds. The Morgan fingerprint density at radius 1 is 0.844 bits per heavy atom. The number of fused-ring (bicyclic) bond motifs is 1. The molecular formula is C25H24N5OP. The third kappa shape index (κ3) is 3.24. The zero-order valence-electron chi connectivity index (χ0n) is 18.2. The van der Waals surface area contributed by atoms with Gasteiger partial charge in [0.25, 0.3) is 7.44 Å². The minimum absolute atomic E-state index is 0.593. The van der Waals surface area contributed by atoms with Crippen LogP contribution in [-0.2, 0) is 4.57 Å². The number of hydrogen-bond acceptors (Lipinski definition) is 3. The van der Waals surface area contributed by atoms with Crippen LogP contribution in [0.4, 0.5) is 11.5 Å². The van der Waals surface area contributed by atoms with Crippen LogP contribution in [-0.4, -0.2) is 27.3 Å². The summed E-state index contributed by atoms with van der Waals surface area (Å²) in [7, 11) is -1.50. The van der Waals surface area contributed by atoms with Gasteiger partial charge in [0.2, 0.25) is 0 Å². The van der Waals surface area contributed by atoms with Crippen molar-refractivity contribution in [3.8, 4) is 5.69 Å². The standard InChI is InChI=1S/C25H24N5OP/c1-18-12-10-11-17-22(18)28-32(31)23-19(2)27-30(21-15-8-5-9-16-21)25(23)26-24(29(32)3)20-13-6-4-7-14-20/h4-17H,1-3H3,(H,28,31)/t32-/m0/s1. The molecule has 1 atom stereocenters. The first-order valence-corrected chi connectivity index (χ1v) is 12.1. The molecule has 160 valence electrons. The van der Waals surface area contributed by atoms with Crippen LogP contribution in [0.15, 0.2) is 89.9 Å². The van der Waals surface area contributed by atoms with E-state index in [9.17, 15) is 4.57 Å². The minimum Gasteiger partial charge on any atom is -0.316 e. The number of benzene rings is 3. The molecule has 7 heteroatoms. The molecule has 1 aliphatic heterocycles. The third-order valence-corrected chi connectivity index (χ3v) is 8.41. The fraction of sp³-hybridized carbons (Fsp3) is 0.120. The predicted molar refractivity (Wildman–Crippen MR) is 131 cm³/mol. The molecule has 2 heterocycles. The number of amidine groups is 1. The van der Waals surface area contributed by atoms with Crippen molar-refractivity contribution in [3.63, 3.8) is 0 Å². The molecule has 1 aromatic heterocycles. The maximum Gasteiger partial charge on any atom is 0.296 e. The second-order valence-electron chi connectivity index (χ2n) is 7.83. The fourth-order valence-corrected chi connectivity index (χ4v) is 6.46. The van der Waals surface area contributed by atoms with E-state index in [2.05, 4.69) is 5.09 Å². The van der Waals surface area contributed by atoms with Gasteiger partial charge in [-0.25, -0.2) is 9.67 Å². The summed E-state index contributed by atoms with van der Waals surface area (Å²) in [6.07, 6.45) is 0. The van der Waals surface area contributed by atoms with Crippen LogP contribution in [0.1, 0.15) is 16.8 Å². The molecule has 0 saturated heterocycles. The van der Waals surface area contributed by atoms with Gasteiger partial charge in [-0.2, -0.15) is 5.10 Å². The summed E-state index contributed by atoms with van der Waals surface area (Å²) in [6.45, 7) is 3.90. The van der Waals surface area contributed by atoms with Crippen LogP contribution in [0, 0.1) is 13.8 Å². The van der Waals surface area contributed by atoms with E-state index < -0.39 is 7.44 Å². The van der Waals surface area contributed by atoms with Crippen molar-refractivity contribution >= 4 is 30.1 Å². The normalized spacial score (nSPS) is 17.6. The van der Waals surface area contributed by atoms with Crippen LogP contribution in [0.3, 0.4) is 0 Å². The summed E-state index contributed by atoms with van der Waals surface area (Å²) in [4.78, 5) is 4.98. The van der Waals surface area contributed by atoms with Gasteiger partial charge in [-0.15, -0.1) is 0 Å². The summed E-state index contributed by atoms with van der Waals surface area (Å²) in [6, 6.07) is 27.5.